The van der Waals surface area contributed by atoms with E-state index < -0.39 is 8.07 Å². The van der Waals surface area contributed by atoms with E-state index in [0.717, 1.165) is 11.6 Å². The van der Waals surface area contributed by atoms with Crippen molar-refractivity contribution in [2.75, 3.05) is 5.75 Å². The first kappa shape index (κ1) is 10.7. The van der Waals surface area contributed by atoms with Gasteiger partial charge in [0.05, 0.1) is 5.75 Å². The summed E-state index contributed by atoms with van der Waals surface area (Å²) >= 11 is 1.89. The van der Waals surface area contributed by atoms with Gasteiger partial charge in [0, 0.05) is 8.07 Å². The molecule has 1 rings (SSSR count). The van der Waals surface area contributed by atoms with E-state index in [-0.39, 0.29) is 0 Å². The molecule has 0 aromatic carbocycles. The van der Waals surface area contributed by atoms with Crippen LogP contribution in [0.4, 0.5) is 0 Å². The first-order valence-corrected chi connectivity index (χ1v) is 9.24. The number of hydrogen-bond acceptors (Lipinski definition) is 4. The van der Waals surface area contributed by atoms with E-state index in [0.29, 0.717) is 0 Å². The Bertz CT molecular complexity index is 231. The van der Waals surface area contributed by atoms with Gasteiger partial charge in [-0.3, -0.25) is 0 Å². The van der Waals surface area contributed by atoms with Gasteiger partial charge in [-0.2, -0.15) is 17.0 Å². The summed E-state index contributed by atoms with van der Waals surface area (Å²) < 4.78 is 0. The van der Waals surface area contributed by atoms with Gasteiger partial charge in [-0.1, -0.05) is 24.9 Å². The fraction of sp³-hybridized carbons (Fsp3) is 0.857. The Balaban J connectivity index is 2.09. The maximum absolute atomic E-state index is 3.89. The lowest BCUT2D eigenvalue weighted by molar-refractivity contribution is 0.881. The largest absolute Gasteiger partial charge is 0.184 e. The van der Waals surface area contributed by atoms with Crippen molar-refractivity contribution in [3.8, 4) is 0 Å². The topological polar surface area (TPSA) is 54.5 Å². The van der Waals surface area contributed by atoms with Gasteiger partial charge in [0.1, 0.15) is 0 Å². The van der Waals surface area contributed by atoms with Crippen LogP contribution in [0.5, 0.6) is 0 Å². The van der Waals surface area contributed by atoms with Gasteiger partial charge in [0.25, 0.3) is 0 Å². The molecular formula is C7H16N4SSi. The molecule has 0 unspecified atom stereocenters. The summed E-state index contributed by atoms with van der Waals surface area (Å²) in [5.41, 5.74) is 0. The molecule has 0 saturated heterocycles. The summed E-state index contributed by atoms with van der Waals surface area (Å²) in [7, 11) is -0.864. The molecule has 0 amide bonds. The molecule has 0 fully saturated rings. The van der Waals surface area contributed by atoms with Gasteiger partial charge >= 0.3 is 0 Å². The van der Waals surface area contributed by atoms with Gasteiger partial charge in [0.15, 0.2) is 5.82 Å². The van der Waals surface area contributed by atoms with Crippen molar-refractivity contribution in [3.05, 3.63) is 5.82 Å². The van der Waals surface area contributed by atoms with Crippen LogP contribution in [-0.2, 0) is 5.75 Å². The van der Waals surface area contributed by atoms with Crippen molar-refractivity contribution in [1.82, 2.24) is 20.6 Å². The summed E-state index contributed by atoms with van der Waals surface area (Å²) in [6, 6.07) is 1.36. The third-order valence-corrected chi connectivity index (χ3v) is 4.68. The lowest BCUT2D eigenvalue weighted by atomic mass is 10.8. The summed E-state index contributed by atoms with van der Waals surface area (Å²) in [5.74, 6) is 2.89. The Hall–Kier alpha value is -0.363. The van der Waals surface area contributed by atoms with E-state index in [1.54, 1.807) is 0 Å². The zero-order chi connectivity index (χ0) is 9.73. The summed E-state index contributed by atoms with van der Waals surface area (Å²) in [5, 5.41) is 13.7. The van der Waals surface area contributed by atoms with Crippen molar-refractivity contribution in [2.24, 2.45) is 0 Å². The van der Waals surface area contributed by atoms with Gasteiger partial charge in [-0.25, -0.2) is 0 Å². The van der Waals surface area contributed by atoms with E-state index in [4.69, 9.17) is 0 Å². The molecule has 1 aromatic rings. The molecule has 0 atom stereocenters. The molecule has 0 aliphatic carbocycles. The van der Waals surface area contributed by atoms with Crippen molar-refractivity contribution in [2.45, 2.75) is 31.4 Å². The molecule has 1 heterocycles. The monoisotopic (exact) mass is 216 g/mol. The number of nitrogens with zero attached hydrogens (tertiary/aromatic N) is 3. The Morgan fingerprint density at radius 3 is 2.69 bits per heavy atom. The minimum atomic E-state index is -0.864. The highest BCUT2D eigenvalue weighted by molar-refractivity contribution is 7.98. The van der Waals surface area contributed by atoms with Crippen molar-refractivity contribution in [1.29, 1.82) is 0 Å². The van der Waals surface area contributed by atoms with Crippen molar-refractivity contribution in [3.63, 3.8) is 0 Å². The van der Waals surface area contributed by atoms with Gasteiger partial charge in [0.2, 0.25) is 0 Å². The van der Waals surface area contributed by atoms with Crippen LogP contribution < -0.4 is 0 Å². The normalized spacial score (nSPS) is 11.9. The highest BCUT2D eigenvalue weighted by Gasteiger charge is 2.12. The predicted molar refractivity (Wildman–Crippen MR) is 58.5 cm³/mol. The zero-order valence-corrected chi connectivity index (χ0v) is 10.2. The van der Waals surface area contributed by atoms with Crippen LogP contribution in [0.1, 0.15) is 5.82 Å². The molecule has 0 spiro atoms. The van der Waals surface area contributed by atoms with Crippen LogP contribution in [0.2, 0.25) is 25.7 Å². The second-order valence-corrected chi connectivity index (χ2v) is 10.9. The van der Waals surface area contributed by atoms with Crippen LogP contribution in [0.25, 0.3) is 0 Å². The third-order valence-electron chi connectivity index (χ3n) is 1.62. The van der Waals surface area contributed by atoms with E-state index >= 15 is 0 Å². The van der Waals surface area contributed by atoms with E-state index in [9.17, 15) is 0 Å². The Labute approximate surface area is 83.9 Å². The number of aromatic amines is 1. The molecule has 4 nitrogen and oxygen atoms in total. The van der Waals surface area contributed by atoms with Crippen LogP contribution in [0, 0.1) is 0 Å². The molecule has 6 heteroatoms. The van der Waals surface area contributed by atoms with Gasteiger partial charge in [-0.05, 0) is 11.8 Å². The number of aromatic nitrogens is 4. The average Bonchev–Trinajstić information content (AvgIpc) is 2.48. The number of H-pyrrole nitrogens is 1. The lowest BCUT2D eigenvalue weighted by Gasteiger charge is -2.14. The summed E-state index contributed by atoms with van der Waals surface area (Å²) in [6.07, 6.45) is 0. The SMILES string of the molecule is C[Si](C)(C)CCSCc1nn[nH]n1. The molecule has 0 aliphatic heterocycles. The molecule has 0 bridgehead atoms. The number of nitrogens with one attached hydrogen (secondary N) is 1. The van der Waals surface area contributed by atoms with Crippen LogP contribution in [-0.4, -0.2) is 34.5 Å². The lowest BCUT2D eigenvalue weighted by Crippen LogP contribution is -2.19. The van der Waals surface area contributed by atoms with Crippen molar-refractivity contribution < 1.29 is 0 Å². The maximum Gasteiger partial charge on any atom is 0.184 e. The van der Waals surface area contributed by atoms with E-state index in [2.05, 4.69) is 40.3 Å². The molecule has 74 valence electrons. The first-order chi connectivity index (χ1) is 6.08. The second kappa shape index (κ2) is 4.76. The highest BCUT2D eigenvalue weighted by atomic mass is 32.2. The fourth-order valence-electron chi connectivity index (χ4n) is 0.785. The molecular weight excluding hydrogens is 200 g/mol. The molecule has 1 aromatic heterocycles. The number of rotatable bonds is 5. The maximum atomic E-state index is 3.89. The molecule has 0 radical (unpaired) electrons. The molecule has 0 aliphatic rings. The van der Waals surface area contributed by atoms with Crippen molar-refractivity contribution >= 4 is 19.8 Å². The second-order valence-electron chi connectivity index (χ2n) is 4.19. The smallest absolute Gasteiger partial charge is 0.177 e. The Kier molecular flexibility index (Phi) is 3.92. The van der Waals surface area contributed by atoms with Gasteiger partial charge < -0.3 is 0 Å². The Morgan fingerprint density at radius 1 is 1.38 bits per heavy atom. The molecule has 1 N–H and O–H groups in total. The van der Waals surface area contributed by atoms with E-state index in [1.165, 1.54) is 11.8 Å². The minimum absolute atomic E-state index is 0.806. The standard InChI is InChI=1S/C7H16N4SSi/c1-13(2,3)5-4-12-6-7-8-10-11-9-7/h4-6H2,1-3H3,(H,8,9,10,11). The number of hydrogen-bond donors (Lipinski definition) is 1. The average molecular weight is 216 g/mol. The highest BCUT2D eigenvalue weighted by Crippen LogP contribution is 2.15. The predicted octanol–water partition coefficient (Wildman–Crippen LogP) is 1.77. The first-order valence-electron chi connectivity index (χ1n) is 4.38. The zero-order valence-electron chi connectivity index (χ0n) is 8.37. The quantitative estimate of drug-likeness (QED) is 0.602. The number of tetrazole rings is 1. The van der Waals surface area contributed by atoms with Gasteiger partial charge in [-0.15, -0.1) is 10.2 Å². The van der Waals surface area contributed by atoms with E-state index in [1.807, 2.05) is 11.8 Å². The molecule has 13 heavy (non-hydrogen) atoms. The fourth-order valence-corrected chi connectivity index (χ4v) is 4.26. The third kappa shape index (κ3) is 5.04. The summed E-state index contributed by atoms with van der Waals surface area (Å²) in [6.45, 7) is 7.17. The molecule has 0 saturated carbocycles. The minimum Gasteiger partial charge on any atom is -0.177 e. The summed E-state index contributed by atoms with van der Waals surface area (Å²) in [4.78, 5) is 0. The van der Waals surface area contributed by atoms with Crippen LogP contribution in [0.3, 0.4) is 0 Å². The number of thioether (sulfide) groups is 1. The van der Waals surface area contributed by atoms with Crippen LogP contribution in [0.15, 0.2) is 0 Å². The Morgan fingerprint density at radius 2 is 2.15 bits per heavy atom. The van der Waals surface area contributed by atoms with Crippen LogP contribution >= 0.6 is 11.8 Å².